The summed E-state index contributed by atoms with van der Waals surface area (Å²) in [6.07, 6.45) is 13.8. The number of rotatable bonds is 8. The molecule has 9 heteroatoms. The van der Waals surface area contributed by atoms with Crippen molar-refractivity contribution in [2.45, 2.75) is 19.8 Å². The Morgan fingerprint density at radius 1 is 0.952 bits per heavy atom. The Hall–Kier alpha value is -5.41. The third-order valence-corrected chi connectivity index (χ3v) is 6.71. The minimum atomic E-state index is -0.775. The van der Waals surface area contributed by atoms with Crippen LogP contribution in [0.5, 0.6) is 0 Å². The Bertz CT molecular complexity index is 1590. The lowest BCUT2D eigenvalue weighted by Gasteiger charge is -2.29. The van der Waals surface area contributed by atoms with Gasteiger partial charge in [0.25, 0.3) is 11.8 Å². The predicted molar refractivity (Wildman–Crippen MR) is 160 cm³/mol. The number of anilines is 2. The van der Waals surface area contributed by atoms with Gasteiger partial charge in [-0.1, -0.05) is 11.8 Å². The Kier molecular flexibility index (Phi) is 9.70. The Morgan fingerprint density at radius 3 is 2.26 bits per heavy atom. The number of likely N-dealkylation sites (tertiary alicyclic amines) is 1. The maximum absolute atomic E-state index is 15.0. The molecular weight excluding hydrogens is 535 g/mol. The van der Waals surface area contributed by atoms with Crippen molar-refractivity contribution in [2.24, 2.45) is 10.9 Å². The smallest absolute Gasteiger partial charge is 0.309 e. The SMILES string of the molecule is C#Cc1ccc(NC(=O)c2cc(C#C)ccc2NC(=O)c2ccc(N=CN3CCC(C(=O)OCC)CC3)cc2F)cc1. The lowest BCUT2D eigenvalue weighted by atomic mass is 9.97. The quantitative estimate of drug-likeness (QED) is 0.169. The van der Waals surface area contributed by atoms with Crippen molar-refractivity contribution >= 4 is 41.2 Å². The zero-order chi connectivity index (χ0) is 30.1. The van der Waals surface area contributed by atoms with E-state index in [1.54, 1.807) is 43.6 Å². The number of hydrogen-bond donors (Lipinski definition) is 2. The molecule has 0 spiro atoms. The van der Waals surface area contributed by atoms with Crippen molar-refractivity contribution in [3.05, 3.63) is 88.7 Å². The van der Waals surface area contributed by atoms with E-state index in [-0.39, 0.29) is 28.7 Å². The number of terminal acetylenes is 2. The summed E-state index contributed by atoms with van der Waals surface area (Å²) >= 11 is 0. The molecule has 0 aliphatic carbocycles. The zero-order valence-electron chi connectivity index (χ0n) is 23.0. The molecule has 0 atom stereocenters. The van der Waals surface area contributed by atoms with Gasteiger partial charge in [-0.3, -0.25) is 14.4 Å². The second-order valence-corrected chi connectivity index (χ2v) is 9.51. The van der Waals surface area contributed by atoms with Gasteiger partial charge in [-0.05, 0) is 74.4 Å². The molecule has 1 aliphatic rings. The summed E-state index contributed by atoms with van der Waals surface area (Å²) in [5.74, 6) is 2.62. The lowest BCUT2D eigenvalue weighted by molar-refractivity contribution is -0.149. The van der Waals surface area contributed by atoms with Crippen LogP contribution < -0.4 is 10.6 Å². The number of halogens is 1. The van der Waals surface area contributed by atoms with Gasteiger partial charge in [-0.25, -0.2) is 9.38 Å². The Labute approximate surface area is 244 Å². The molecule has 8 nitrogen and oxygen atoms in total. The van der Waals surface area contributed by atoms with Crippen LogP contribution in [-0.4, -0.2) is 48.7 Å². The molecule has 1 heterocycles. The van der Waals surface area contributed by atoms with Gasteiger partial charge in [0, 0.05) is 36.0 Å². The molecule has 212 valence electrons. The third kappa shape index (κ3) is 7.41. The molecule has 0 aromatic heterocycles. The van der Waals surface area contributed by atoms with Gasteiger partial charge >= 0.3 is 5.97 Å². The Morgan fingerprint density at radius 2 is 1.62 bits per heavy atom. The van der Waals surface area contributed by atoms with E-state index in [2.05, 4.69) is 27.5 Å². The molecule has 3 aromatic carbocycles. The van der Waals surface area contributed by atoms with Crippen molar-refractivity contribution < 1.29 is 23.5 Å². The molecule has 1 aliphatic heterocycles. The number of carbonyl (C=O) groups excluding carboxylic acids is 3. The molecule has 4 rings (SSSR count). The number of nitrogens with one attached hydrogen (secondary N) is 2. The summed E-state index contributed by atoms with van der Waals surface area (Å²) in [4.78, 5) is 44.3. The number of amides is 2. The fourth-order valence-corrected chi connectivity index (χ4v) is 4.40. The summed E-state index contributed by atoms with van der Waals surface area (Å²) in [5.41, 5.74) is 1.95. The van der Waals surface area contributed by atoms with Crippen LogP contribution in [0.15, 0.2) is 65.7 Å². The standard InChI is InChI=1S/C33H29FN4O4/c1-4-22-7-10-25(11-8-22)36-32(40)28-19-23(5-2)9-14-30(28)37-31(39)27-13-12-26(20-29(27)34)35-21-38-17-15-24(16-18-38)33(41)42-6-3/h1-2,7-14,19-21,24H,6,15-18H2,3H3,(H,36,40)(H,37,39). The molecule has 3 aromatic rings. The third-order valence-electron chi connectivity index (χ3n) is 6.71. The Balaban J connectivity index is 1.43. The number of piperidine rings is 1. The first-order valence-electron chi connectivity index (χ1n) is 13.4. The van der Waals surface area contributed by atoms with Crippen LogP contribution >= 0.6 is 0 Å². The number of esters is 1. The highest BCUT2D eigenvalue weighted by Gasteiger charge is 2.25. The highest BCUT2D eigenvalue weighted by molar-refractivity contribution is 6.12. The average molecular weight is 565 g/mol. The van der Waals surface area contributed by atoms with Crippen LogP contribution in [0.4, 0.5) is 21.5 Å². The number of aliphatic imine (C=N–C) groups is 1. The van der Waals surface area contributed by atoms with Gasteiger partial charge in [0.05, 0.1) is 41.4 Å². The fourth-order valence-electron chi connectivity index (χ4n) is 4.40. The van der Waals surface area contributed by atoms with Crippen molar-refractivity contribution in [2.75, 3.05) is 30.3 Å². The van der Waals surface area contributed by atoms with Crippen molar-refractivity contribution in [1.29, 1.82) is 0 Å². The van der Waals surface area contributed by atoms with Crippen LogP contribution in [0.3, 0.4) is 0 Å². The summed E-state index contributed by atoms with van der Waals surface area (Å²) in [7, 11) is 0. The summed E-state index contributed by atoms with van der Waals surface area (Å²) < 4.78 is 20.1. The molecule has 42 heavy (non-hydrogen) atoms. The molecule has 0 unspecified atom stereocenters. The van der Waals surface area contributed by atoms with Gasteiger partial charge in [0.2, 0.25) is 0 Å². The van der Waals surface area contributed by atoms with Crippen LogP contribution in [-0.2, 0) is 9.53 Å². The van der Waals surface area contributed by atoms with E-state index in [0.717, 1.165) is 6.07 Å². The molecule has 2 N–H and O–H groups in total. The number of nitrogens with zero attached hydrogens (tertiary/aromatic N) is 2. The van der Waals surface area contributed by atoms with E-state index in [9.17, 15) is 18.8 Å². The van der Waals surface area contributed by atoms with Gasteiger partial charge in [0.15, 0.2) is 0 Å². The minimum Gasteiger partial charge on any atom is -0.466 e. The summed E-state index contributed by atoms with van der Waals surface area (Å²) in [6, 6.07) is 15.2. The van der Waals surface area contributed by atoms with E-state index in [1.165, 1.54) is 24.3 Å². The number of ether oxygens (including phenoxy) is 1. The van der Waals surface area contributed by atoms with Gasteiger partial charge in [-0.2, -0.15) is 0 Å². The van der Waals surface area contributed by atoms with E-state index in [0.29, 0.717) is 55.0 Å². The number of hydrogen-bond acceptors (Lipinski definition) is 5. The van der Waals surface area contributed by atoms with Crippen molar-refractivity contribution in [3.63, 3.8) is 0 Å². The second-order valence-electron chi connectivity index (χ2n) is 9.51. The average Bonchev–Trinajstić information content (AvgIpc) is 3.01. The fraction of sp³-hybridized carbons (Fsp3) is 0.212. The van der Waals surface area contributed by atoms with Gasteiger partial charge < -0.3 is 20.3 Å². The maximum Gasteiger partial charge on any atom is 0.309 e. The predicted octanol–water partition coefficient (Wildman–Crippen LogP) is 5.23. The lowest BCUT2D eigenvalue weighted by Crippen LogP contribution is -2.36. The molecule has 0 radical (unpaired) electrons. The second kappa shape index (κ2) is 13.8. The summed E-state index contributed by atoms with van der Waals surface area (Å²) in [6.45, 7) is 3.39. The highest BCUT2D eigenvalue weighted by Crippen LogP contribution is 2.24. The monoisotopic (exact) mass is 564 g/mol. The van der Waals surface area contributed by atoms with Crippen LogP contribution in [0.2, 0.25) is 0 Å². The molecule has 0 bridgehead atoms. The maximum atomic E-state index is 15.0. The molecule has 0 saturated carbocycles. The molecule has 1 saturated heterocycles. The van der Waals surface area contributed by atoms with E-state index < -0.39 is 17.6 Å². The van der Waals surface area contributed by atoms with Gasteiger partial charge in [0.1, 0.15) is 5.82 Å². The van der Waals surface area contributed by atoms with E-state index >= 15 is 0 Å². The van der Waals surface area contributed by atoms with E-state index in [1.807, 2.05) is 4.90 Å². The van der Waals surface area contributed by atoms with Crippen molar-refractivity contribution in [3.8, 4) is 24.7 Å². The normalized spacial score (nSPS) is 13.2. The topological polar surface area (TPSA) is 100 Å². The van der Waals surface area contributed by atoms with Crippen molar-refractivity contribution in [1.82, 2.24) is 4.90 Å². The van der Waals surface area contributed by atoms with Gasteiger partial charge in [-0.15, -0.1) is 12.8 Å². The van der Waals surface area contributed by atoms with Crippen LogP contribution in [0, 0.1) is 36.4 Å². The van der Waals surface area contributed by atoms with Crippen LogP contribution in [0.1, 0.15) is 51.6 Å². The zero-order valence-corrected chi connectivity index (χ0v) is 23.0. The molecular formula is C33H29FN4O4. The molecule has 2 amide bonds. The first-order valence-corrected chi connectivity index (χ1v) is 13.4. The largest absolute Gasteiger partial charge is 0.466 e. The first kappa shape index (κ1) is 29.6. The molecule has 1 fully saturated rings. The van der Waals surface area contributed by atoms with E-state index in [4.69, 9.17) is 17.6 Å². The number of carbonyl (C=O) groups is 3. The minimum absolute atomic E-state index is 0.105. The highest BCUT2D eigenvalue weighted by atomic mass is 19.1. The summed E-state index contributed by atoms with van der Waals surface area (Å²) in [5, 5.41) is 5.35. The van der Waals surface area contributed by atoms with Crippen LogP contribution in [0.25, 0.3) is 0 Å². The first-order chi connectivity index (χ1) is 20.3. The number of benzene rings is 3.